The Morgan fingerprint density at radius 1 is 1.05 bits per heavy atom. The highest BCUT2D eigenvalue weighted by molar-refractivity contribution is 5.21. The number of rotatable bonds is 3. The van der Waals surface area contributed by atoms with Crippen LogP contribution in [0.25, 0.3) is 0 Å². The lowest BCUT2D eigenvalue weighted by molar-refractivity contribution is -0.308. The van der Waals surface area contributed by atoms with Crippen molar-refractivity contribution in [1.29, 1.82) is 0 Å². The van der Waals surface area contributed by atoms with Crippen LogP contribution in [0.4, 0.5) is 26.3 Å². The summed E-state index contributed by atoms with van der Waals surface area (Å²) in [6.45, 7) is 0. The summed E-state index contributed by atoms with van der Waals surface area (Å²) in [6.07, 6.45) is -12.5. The molecule has 0 spiro atoms. The Bertz CT molecular complexity index is 419. The first-order valence-electron chi connectivity index (χ1n) is 4.75. The van der Waals surface area contributed by atoms with Crippen molar-refractivity contribution >= 4 is 0 Å². The van der Waals surface area contributed by atoms with E-state index in [4.69, 9.17) is 0 Å². The van der Waals surface area contributed by atoms with Crippen LogP contribution in [0, 0.1) is 5.92 Å². The molecule has 1 heterocycles. The first kappa shape index (κ1) is 15.5. The van der Waals surface area contributed by atoms with E-state index in [0.717, 1.165) is 19.5 Å². The van der Waals surface area contributed by atoms with Gasteiger partial charge in [-0.2, -0.15) is 26.3 Å². The van der Waals surface area contributed by atoms with Gasteiger partial charge in [-0.05, 0) is 0 Å². The molecule has 0 radical (unpaired) electrons. The maximum Gasteiger partial charge on any atom is 0.403 e. The lowest BCUT2D eigenvalue weighted by Gasteiger charge is -2.27. The van der Waals surface area contributed by atoms with E-state index < -0.39 is 35.9 Å². The number of aliphatic hydroxyl groups excluding tert-OH is 1. The van der Waals surface area contributed by atoms with Gasteiger partial charge in [0, 0.05) is 12.4 Å². The molecule has 0 aliphatic heterocycles. The highest BCUT2D eigenvalue weighted by atomic mass is 19.4. The van der Waals surface area contributed by atoms with Gasteiger partial charge in [-0.15, -0.1) is 0 Å². The van der Waals surface area contributed by atoms with E-state index in [1.54, 1.807) is 0 Å². The predicted octanol–water partition coefficient (Wildman–Crippen LogP) is 2.26. The highest BCUT2D eigenvalue weighted by Gasteiger charge is 2.61. The molecule has 0 aliphatic rings. The van der Waals surface area contributed by atoms with Gasteiger partial charge in [0.15, 0.2) is 5.92 Å². The molecule has 1 rings (SSSR count). The zero-order valence-corrected chi connectivity index (χ0v) is 9.33. The molecule has 0 fully saturated rings. The Morgan fingerprint density at radius 3 is 1.95 bits per heavy atom. The molecule has 0 saturated heterocycles. The second-order valence-corrected chi connectivity index (χ2v) is 3.46. The van der Waals surface area contributed by atoms with Crippen LogP contribution in [-0.2, 0) is 0 Å². The van der Waals surface area contributed by atoms with Crippen LogP contribution >= 0.6 is 0 Å². The quantitative estimate of drug-likeness (QED) is 0.868. The second kappa shape index (κ2) is 5.19. The van der Waals surface area contributed by atoms with Gasteiger partial charge in [0.05, 0.1) is 7.11 Å². The third kappa shape index (κ3) is 3.46. The summed E-state index contributed by atoms with van der Waals surface area (Å²) in [5, 5.41) is 9.34. The standard InChI is InChI=1S/C9H8F6N2O2/c1-19-7-4(16-2-3-17-7)5(18)6(8(10,11)12)9(13,14)15/h2-3,5-6,18H,1H3. The summed E-state index contributed by atoms with van der Waals surface area (Å²) < 4.78 is 79.0. The number of methoxy groups -OCH3 is 1. The van der Waals surface area contributed by atoms with Crippen molar-refractivity contribution in [3.63, 3.8) is 0 Å². The fraction of sp³-hybridized carbons (Fsp3) is 0.556. The zero-order valence-electron chi connectivity index (χ0n) is 9.33. The molecule has 1 aromatic heterocycles. The summed E-state index contributed by atoms with van der Waals surface area (Å²) in [5.41, 5.74) is -0.926. The third-order valence-electron chi connectivity index (χ3n) is 2.19. The van der Waals surface area contributed by atoms with Crippen molar-refractivity contribution in [1.82, 2.24) is 9.97 Å². The van der Waals surface area contributed by atoms with E-state index in [-0.39, 0.29) is 0 Å². The van der Waals surface area contributed by atoms with Gasteiger partial charge < -0.3 is 9.84 Å². The van der Waals surface area contributed by atoms with E-state index >= 15 is 0 Å². The van der Waals surface area contributed by atoms with Crippen LogP contribution < -0.4 is 4.74 Å². The number of ether oxygens (including phenoxy) is 1. The minimum Gasteiger partial charge on any atom is -0.480 e. The zero-order chi connectivity index (χ0) is 14.8. The highest BCUT2D eigenvalue weighted by Crippen LogP contribution is 2.46. The summed E-state index contributed by atoms with van der Waals surface area (Å²) in [6, 6.07) is 0. The van der Waals surface area contributed by atoms with E-state index in [1.807, 2.05) is 0 Å². The molecule has 1 unspecified atom stereocenters. The van der Waals surface area contributed by atoms with Gasteiger partial charge in [0.2, 0.25) is 5.88 Å². The van der Waals surface area contributed by atoms with Gasteiger partial charge in [0.1, 0.15) is 11.8 Å². The summed E-state index contributed by atoms with van der Waals surface area (Å²) in [4.78, 5) is 6.65. The van der Waals surface area contributed by atoms with Crippen LogP contribution in [0.15, 0.2) is 12.4 Å². The van der Waals surface area contributed by atoms with Crippen molar-refractivity contribution in [3.8, 4) is 5.88 Å². The minimum atomic E-state index is -5.68. The molecule has 0 bridgehead atoms. The van der Waals surface area contributed by atoms with Crippen LogP contribution in [0.1, 0.15) is 11.8 Å². The predicted molar refractivity (Wildman–Crippen MR) is 49.1 cm³/mol. The largest absolute Gasteiger partial charge is 0.480 e. The lowest BCUT2D eigenvalue weighted by Crippen LogP contribution is -2.41. The molecule has 1 aromatic rings. The Morgan fingerprint density at radius 2 is 1.53 bits per heavy atom. The summed E-state index contributed by atoms with van der Waals surface area (Å²) in [7, 11) is 0.983. The molecule has 1 N–H and O–H groups in total. The average molecular weight is 290 g/mol. The fourth-order valence-corrected chi connectivity index (χ4v) is 1.40. The number of nitrogens with zero attached hydrogens (tertiary/aromatic N) is 2. The monoisotopic (exact) mass is 290 g/mol. The molecular weight excluding hydrogens is 282 g/mol. The fourth-order valence-electron chi connectivity index (χ4n) is 1.40. The van der Waals surface area contributed by atoms with Gasteiger partial charge >= 0.3 is 12.4 Å². The van der Waals surface area contributed by atoms with Gasteiger partial charge in [-0.25, -0.2) is 4.98 Å². The number of hydrogen-bond donors (Lipinski definition) is 1. The molecule has 0 aliphatic carbocycles. The number of aliphatic hydroxyl groups is 1. The average Bonchev–Trinajstić information content (AvgIpc) is 2.24. The topological polar surface area (TPSA) is 55.2 Å². The van der Waals surface area contributed by atoms with Crippen molar-refractivity contribution in [2.45, 2.75) is 18.5 Å². The van der Waals surface area contributed by atoms with E-state index in [1.165, 1.54) is 0 Å². The number of aromatic nitrogens is 2. The van der Waals surface area contributed by atoms with Crippen molar-refractivity contribution in [2.75, 3.05) is 7.11 Å². The normalized spacial score (nSPS) is 14.6. The number of hydrogen-bond acceptors (Lipinski definition) is 4. The molecule has 10 heteroatoms. The molecule has 4 nitrogen and oxygen atoms in total. The van der Waals surface area contributed by atoms with Crippen LogP contribution in [0.5, 0.6) is 5.88 Å². The smallest absolute Gasteiger partial charge is 0.403 e. The van der Waals surface area contributed by atoms with Gasteiger partial charge in [-0.3, -0.25) is 4.98 Å². The Kier molecular flexibility index (Phi) is 4.23. The van der Waals surface area contributed by atoms with E-state index in [2.05, 4.69) is 14.7 Å². The van der Waals surface area contributed by atoms with Gasteiger partial charge in [-0.1, -0.05) is 0 Å². The van der Waals surface area contributed by atoms with Crippen molar-refractivity contribution in [2.24, 2.45) is 5.92 Å². The molecule has 108 valence electrons. The van der Waals surface area contributed by atoms with E-state index in [0.29, 0.717) is 0 Å². The maximum absolute atomic E-state index is 12.4. The van der Waals surface area contributed by atoms with Crippen LogP contribution in [0.3, 0.4) is 0 Å². The lowest BCUT2D eigenvalue weighted by atomic mass is 9.98. The first-order valence-corrected chi connectivity index (χ1v) is 4.75. The van der Waals surface area contributed by atoms with Crippen LogP contribution in [0.2, 0.25) is 0 Å². The molecule has 1 atom stereocenters. The summed E-state index contributed by atoms with van der Waals surface area (Å²) >= 11 is 0. The number of alkyl halides is 6. The molecule has 0 aromatic carbocycles. The Labute approximate surface area is 103 Å². The first-order chi connectivity index (χ1) is 8.59. The third-order valence-corrected chi connectivity index (χ3v) is 2.19. The summed E-state index contributed by atoms with van der Waals surface area (Å²) in [5.74, 6) is -4.57. The Hall–Kier alpha value is -1.58. The van der Waals surface area contributed by atoms with Crippen molar-refractivity contribution < 1.29 is 36.2 Å². The van der Waals surface area contributed by atoms with Crippen LogP contribution in [-0.4, -0.2) is 34.5 Å². The SMILES string of the molecule is COc1nccnc1C(O)C(C(F)(F)F)C(F)(F)F. The van der Waals surface area contributed by atoms with Crippen molar-refractivity contribution in [3.05, 3.63) is 18.1 Å². The maximum atomic E-state index is 12.4. The van der Waals surface area contributed by atoms with E-state index in [9.17, 15) is 31.4 Å². The minimum absolute atomic E-state index is 0.603. The second-order valence-electron chi connectivity index (χ2n) is 3.46. The molecule has 19 heavy (non-hydrogen) atoms. The molecular formula is C9H8F6N2O2. The molecule has 0 amide bonds. The number of halogens is 6. The van der Waals surface area contributed by atoms with Gasteiger partial charge in [0.25, 0.3) is 0 Å². The molecule has 0 saturated carbocycles. The Balaban J connectivity index is 3.24.